The van der Waals surface area contributed by atoms with Crippen LogP contribution in [0.4, 0.5) is 21.5 Å². The van der Waals surface area contributed by atoms with E-state index in [-0.39, 0.29) is 16.5 Å². The molecule has 3 N–H and O–H groups in total. The first-order valence-electron chi connectivity index (χ1n) is 14.6. The lowest BCUT2D eigenvalue weighted by Crippen LogP contribution is -2.39. The molecule has 1 saturated heterocycles. The summed E-state index contributed by atoms with van der Waals surface area (Å²) in [5, 5.41) is 6.09. The maximum absolute atomic E-state index is 13.4. The van der Waals surface area contributed by atoms with Gasteiger partial charge in [0.05, 0.1) is 16.7 Å². The van der Waals surface area contributed by atoms with Gasteiger partial charge in [0.25, 0.3) is 5.91 Å². The first-order chi connectivity index (χ1) is 21.8. The molecule has 1 fully saturated rings. The van der Waals surface area contributed by atoms with Crippen molar-refractivity contribution in [3.05, 3.63) is 108 Å². The molecular weight excluding hydrogens is 632 g/mol. The molecule has 1 aliphatic rings. The number of carbonyl (C=O) groups is 1. The molecule has 242 valence electrons. The second-order valence-electron chi connectivity index (χ2n) is 11.3. The fraction of sp³-hybridized carbons (Fsp3) is 0.242. The van der Waals surface area contributed by atoms with Gasteiger partial charge in [0, 0.05) is 49.0 Å². The molecule has 13 heteroatoms. The summed E-state index contributed by atoms with van der Waals surface area (Å²) in [6, 6.07) is 24.5. The molecule has 0 saturated carbocycles. The van der Waals surface area contributed by atoms with E-state index in [9.17, 15) is 26.0 Å². The van der Waals surface area contributed by atoms with E-state index < -0.39 is 31.6 Å². The molecule has 0 atom stereocenters. The Morgan fingerprint density at radius 1 is 0.826 bits per heavy atom. The second kappa shape index (κ2) is 13.9. The van der Waals surface area contributed by atoms with E-state index >= 15 is 0 Å². The number of ether oxygens (including phenoxy) is 1. The number of sulfone groups is 1. The zero-order valence-electron chi connectivity index (χ0n) is 25.4. The van der Waals surface area contributed by atoms with Crippen molar-refractivity contribution in [2.24, 2.45) is 0 Å². The maximum atomic E-state index is 13.4. The zero-order valence-corrected chi connectivity index (χ0v) is 27.0. The van der Waals surface area contributed by atoms with Crippen molar-refractivity contribution >= 4 is 42.8 Å². The van der Waals surface area contributed by atoms with Crippen LogP contribution in [0.25, 0.3) is 0 Å². The fourth-order valence-electron chi connectivity index (χ4n) is 5.24. The number of likely N-dealkylation sites (tertiary alicyclic amines) is 1. The number of rotatable bonds is 11. The smallest absolute Gasteiger partial charge is 0.259 e. The molecule has 0 aliphatic carbocycles. The average Bonchev–Trinajstić information content (AvgIpc) is 3.00. The zero-order chi connectivity index (χ0) is 32.9. The van der Waals surface area contributed by atoms with Crippen LogP contribution in [0.2, 0.25) is 0 Å². The number of carbonyl (C=O) groups excluding carboxylic acids is 1. The quantitative estimate of drug-likeness (QED) is 0.185. The van der Waals surface area contributed by atoms with E-state index in [1.165, 1.54) is 30.3 Å². The average molecular weight is 667 g/mol. The number of anilines is 3. The van der Waals surface area contributed by atoms with Gasteiger partial charge in [-0.15, -0.1) is 0 Å². The minimum Gasteiger partial charge on any atom is -0.457 e. The topological polar surface area (TPSA) is 134 Å². The molecule has 0 spiro atoms. The Balaban J connectivity index is 1.17. The number of hydrogen-bond acceptors (Lipinski definition) is 8. The Kier molecular flexibility index (Phi) is 9.94. The third kappa shape index (κ3) is 9.05. The Labute approximate surface area is 268 Å². The van der Waals surface area contributed by atoms with E-state index in [0.717, 1.165) is 50.6 Å². The highest BCUT2D eigenvalue weighted by atomic mass is 32.2. The summed E-state index contributed by atoms with van der Waals surface area (Å²) in [6.07, 6.45) is 3.73. The van der Waals surface area contributed by atoms with Crippen molar-refractivity contribution in [3.63, 3.8) is 0 Å². The normalized spacial score (nSPS) is 14.4. The van der Waals surface area contributed by atoms with Crippen LogP contribution < -0.4 is 20.1 Å². The third-order valence-corrected chi connectivity index (χ3v) is 9.17. The van der Waals surface area contributed by atoms with E-state index in [2.05, 4.69) is 20.3 Å². The summed E-state index contributed by atoms with van der Waals surface area (Å²) < 4.78 is 69.6. The standard InChI is InChI=1S/C33H35FN4O6S2/c1-45(40,41)31-5-3-4-30(32(31)33(39)36-25-10-8-24(34)9-11-25)35-26-18-20-38(21-19-26)22-23-6-14-28(15-7-23)44-29-16-12-27(13-17-29)37-46(2,42)43/h3-17,26,35,37H,18-22H2,1-2H3,(H,36,39). The number of hydrogen-bond donors (Lipinski definition) is 3. The van der Waals surface area contributed by atoms with Gasteiger partial charge in [0.2, 0.25) is 10.0 Å². The van der Waals surface area contributed by atoms with Gasteiger partial charge in [-0.3, -0.25) is 14.4 Å². The van der Waals surface area contributed by atoms with Gasteiger partial charge >= 0.3 is 0 Å². The Morgan fingerprint density at radius 2 is 1.41 bits per heavy atom. The number of halogens is 1. The van der Waals surface area contributed by atoms with E-state index in [4.69, 9.17) is 4.74 Å². The van der Waals surface area contributed by atoms with Crippen molar-refractivity contribution < 1.29 is 30.8 Å². The van der Waals surface area contributed by atoms with Crippen LogP contribution in [0, 0.1) is 5.82 Å². The number of nitrogens with one attached hydrogen (secondary N) is 3. The van der Waals surface area contributed by atoms with Crippen LogP contribution in [0.5, 0.6) is 11.5 Å². The van der Waals surface area contributed by atoms with E-state index in [1.54, 1.807) is 36.4 Å². The highest BCUT2D eigenvalue weighted by Gasteiger charge is 2.26. The number of nitrogens with zero attached hydrogens (tertiary/aromatic N) is 1. The molecule has 0 aromatic heterocycles. The van der Waals surface area contributed by atoms with E-state index in [1.807, 2.05) is 24.3 Å². The van der Waals surface area contributed by atoms with Crippen LogP contribution in [0.15, 0.2) is 95.9 Å². The van der Waals surface area contributed by atoms with Gasteiger partial charge in [0.15, 0.2) is 9.84 Å². The minimum absolute atomic E-state index is 0.0261. The van der Waals surface area contributed by atoms with Crippen molar-refractivity contribution in [2.75, 3.05) is 41.0 Å². The van der Waals surface area contributed by atoms with Gasteiger partial charge in [-0.2, -0.15) is 0 Å². The molecule has 10 nitrogen and oxygen atoms in total. The second-order valence-corrected chi connectivity index (χ2v) is 15.0. The molecule has 5 rings (SSSR count). The van der Waals surface area contributed by atoms with Crippen molar-refractivity contribution in [1.29, 1.82) is 0 Å². The van der Waals surface area contributed by atoms with Crippen LogP contribution in [0.1, 0.15) is 28.8 Å². The summed E-state index contributed by atoms with van der Waals surface area (Å²) in [5.74, 6) is 0.201. The molecular formula is C33H35FN4O6S2. The Bertz CT molecular complexity index is 1890. The fourth-order valence-corrected chi connectivity index (χ4v) is 6.70. The van der Waals surface area contributed by atoms with Gasteiger partial charge in [-0.25, -0.2) is 21.2 Å². The first-order valence-corrected chi connectivity index (χ1v) is 18.3. The first kappa shape index (κ1) is 32.9. The molecule has 46 heavy (non-hydrogen) atoms. The van der Waals surface area contributed by atoms with Crippen LogP contribution in [-0.4, -0.2) is 59.3 Å². The Morgan fingerprint density at radius 3 is 2.00 bits per heavy atom. The summed E-state index contributed by atoms with van der Waals surface area (Å²) in [5.41, 5.74) is 2.39. The minimum atomic E-state index is -3.71. The lowest BCUT2D eigenvalue weighted by atomic mass is 10.0. The summed E-state index contributed by atoms with van der Waals surface area (Å²) >= 11 is 0. The molecule has 4 aromatic rings. The van der Waals surface area contributed by atoms with Crippen molar-refractivity contribution in [3.8, 4) is 11.5 Å². The number of piperidine rings is 1. The third-order valence-electron chi connectivity index (χ3n) is 7.42. The van der Waals surface area contributed by atoms with Gasteiger partial charge in [-0.05, 0) is 91.2 Å². The van der Waals surface area contributed by atoms with Crippen molar-refractivity contribution in [1.82, 2.24) is 4.90 Å². The van der Waals surface area contributed by atoms with Crippen LogP contribution >= 0.6 is 0 Å². The lowest BCUT2D eigenvalue weighted by Gasteiger charge is -2.33. The molecule has 1 heterocycles. The highest BCUT2D eigenvalue weighted by Crippen LogP contribution is 2.29. The molecule has 4 aromatic carbocycles. The predicted octanol–water partition coefficient (Wildman–Crippen LogP) is 5.72. The summed E-state index contributed by atoms with van der Waals surface area (Å²) in [7, 11) is -7.06. The molecule has 1 amide bonds. The van der Waals surface area contributed by atoms with Crippen LogP contribution in [0.3, 0.4) is 0 Å². The Hall–Kier alpha value is -4.46. The molecule has 0 unspecified atom stereocenters. The number of benzene rings is 4. The predicted molar refractivity (Wildman–Crippen MR) is 177 cm³/mol. The number of sulfonamides is 1. The molecule has 0 radical (unpaired) electrons. The summed E-state index contributed by atoms with van der Waals surface area (Å²) in [4.78, 5) is 15.6. The molecule has 1 aliphatic heterocycles. The highest BCUT2D eigenvalue weighted by molar-refractivity contribution is 7.92. The lowest BCUT2D eigenvalue weighted by molar-refractivity contribution is 0.102. The number of amides is 1. The summed E-state index contributed by atoms with van der Waals surface area (Å²) in [6.45, 7) is 2.34. The van der Waals surface area contributed by atoms with Gasteiger partial charge < -0.3 is 15.4 Å². The molecule has 0 bridgehead atoms. The largest absolute Gasteiger partial charge is 0.457 e. The maximum Gasteiger partial charge on any atom is 0.259 e. The van der Waals surface area contributed by atoms with Crippen LogP contribution in [-0.2, 0) is 26.4 Å². The van der Waals surface area contributed by atoms with E-state index in [0.29, 0.717) is 28.6 Å². The van der Waals surface area contributed by atoms with Crippen molar-refractivity contribution in [2.45, 2.75) is 30.3 Å². The van der Waals surface area contributed by atoms with Gasteiger partial charge in [0.1, 0.15) is 17.3 Å². The van der Waals surface area contributed by atoms with Gasteiger partial charge in [-0.1, -0.05) is 18.2 Å². The SMILES string of the molecule is CS(=O)(=O)Nc1ccc(Oc2ccc(CN3CCC(Nc4cccc(S(C)(=O)=O)c4C(=O)Nc4ccc(F)cc4)CC3)cc2)cc1. The monoisotopic (exact) mass is 666 g/mol.